The van der Waals surface area contributed by atoms with Gasteiger partial charge in [0.25, 0.3) is 5.91 Å². The first-order valence-electron chi connectivity index (χ1n) is 9.98. The third-order valence-corrected chi connectivity index (χ3v) is 6.30. The minimum atomic E-state index is -4.01. The van der Waals surface area contributed by atoms with E-state index in [0.717, 1.165) is 10.8 Å². The van der Waals surface area contributed by atoms with Crippen LogP contribution in [0.1, 0.15) is 5.56 Å². The van der Waals surface area contributed by atoms with E-state index in [9.17, 15) is 18.5 Å². The van der Waals surface area contributed by atoms with Crippen LogP contribution in [0.3, 0.4) is 0 Å². The van der Waals surface area contributed by atoms with Gasteiger partial charge in [-0.3, -0.25) is 4.79 Å². The van der Waals surface area contributed by atoms with Gasteiger partial charge < -0.3 is 13.8 Å². The van der Waals surface area contributed by atoms with Crippen molar-refractivity contribution in [2.24, 2.45) is 0 Å². The summed E-state index contributed by atoms with van der Waals surface area (Å²) < 4.78 is 35.9. The van der Waals surface area contributed by atoms with Gasteiger partial charge in [0.1, 0.15) is 22.3 Å². The zero-order valence-electron chi connectivity index (χ0n) is 17.1. The van der Waals surface area contributed by atoms with Gasteiger partial charge in [0.15, 0.2) is 0 Å². The molecule has 1 fully saturated rings. The Morgan fingerprint density at radius 2 is 1.69 bits per heavy atom. The van der Waals surface area contributed by atoms with Gasteiger partial charge in [-0.25, -0.2) is 0 Å². The van der Waals surface area contributed by atoms with E-state index in [2.05, 4.69) is 0 Å². The number of ether oxygens (including phenoxy) is 1. The molecule has 7 nitrogen and oxygen atoms in total. The zero-order chi connectivity index (χ0) is 22.6. The Morgan fingerprint density at radius 3 is 2.38 bits per heavy atom. The normalized spacial score (nSPS) is 14.7. The molecule has 0 unspecified atom stereocenters. The Labute approximate surface area is 186 Å². The minimum absolute atomic E-state index is 0.00403. The van der Waals surface area contributed by atoms with Crippen molar-refractivity contribution >= 4 is 32.9 Å². The summed E-state index contributed by atoms with van der Waals surface area (Å²) in [6.07, 6.45) is 1.47. The second-order valence-corrected chi connectivity index (χ2v) is 8.74. The van der Waals surface area contributed by atoms with Crippen molar-refractivity contribution in [3.8, 4) is 11.8 Å². The highest BCUT2D eigenvalue weighted by atomic mass is 32.2. The first-order chi connectivity index (χ1) is 15.5. The van der Waals surface area contributed by atoms with Crippen LogP contribution in [0.4, 0.5) is 0 Å². The summed E-state index contributed by atoms with van der Waals surface area (Å²) in [6.45, 7) is 1.78. The lowest BCUT2D eigenvalue weighted by atomic mass is 10.1. The minimum Gasteiger partial charge on any atom is -0.379 e. The molecule has 0 saturated carbocycles. The molecule has 0 atom stereocenters. The number of morpholine rings is 1. The van der Waals surface area contributed by atoms with Gasteiger partial charge in [0.05, 0.1) is 13.2 Å². The summed E-state index contributed by atoms with van der Waals surface area (Å²) in [6, 6.07) is 20.4. The summed E-state index contributed by atoms with van der Waals surface area (Å²) in [5.74, 6) is -0.219. The summed E-state index contributed by atoms with van der Waals surface area (Å²) in [7, 11) is -4.01. The van der Waals surface area contributed by atoms with Gasteiger partial charge in [-0.05, 0) is 46.7 Å². The van der Waals surface area contributed by atoms with Gasteiger partial charge in [-0.15, -0.1) is 0 Å². The van der Waals surface area contributed by atoms with Gasteiger partial charge in [-0.1, -0.05) is 42.5 Å². The largest absolute Gasteiger partial charge is 0.379 e. The molecule has 4 rings (SSSR count). The van der Waals surface area contributed by atoms with Gasteiger partial charge in [-0.2, -0.15) is 13.7 Å². The van der Waals surface area contributed by atoms with Crippen LogP contribution in [0.2, 0.25) is 0 Å². The monoisotopic (exact) mass is 448 g/mol. The van der Waals surface area contributed by atoms with Crippen LogP contribution in [-0.4, -0.2) is 45.5 Å². The topological polar surface area (TPSA) is 96.7 Å². The Bertz CT molecular complexity index is 1320. The van der Waals surface area contributed by atoms with E-state index in [-0.39, 0.29) is 22.1 Å². The number of carbonyl (C=O) groups excluding carboxylic acids is 1. The number of nitriles is 1. The lowest BCUT2D eigenvalue weighted by Gasteiger charge is -2.26. The van der Waals surface area contributed by atoms with Crippen LogP contribution in [-0.2, 0) is 19.6 Å². The number of nitrogens with zero attached hydrogens (tertiary/aromatic N) is 2. The summed E-state index contributed by atoms with van der Waals surface area (Å²) in [5, 5.41) is 11.1. The van der Waals surface area contributed by atoms with E-state index in [4.69, 9.17) is 8.92 Å². The molecule has 8 heteroatoms. The number of fused-ring (bicyclic) bond motifs is 1. The second kappa shape index (κ2) is 9.22. The molecule has 1 amide bonds. The lowest BCUT2D eigenvalue weighted by molar-refractivity contribution is -0.130. The molecular weight excluding hydrogens is 428 g/mol. The highest BCUT2D eigenvalue weighted by molar-refractivity contribution is 7.87. The number of hydrogen-bond donors (Lipinski definition) is 0. The lowest BCUT2D eigenvalue weighted by Crippen LogP contribution is -2.41. The molecule has 162 valence electrons. The van der Waals surface area contributed by atoms with E-state index >= 15 is 0 Å². The third-order valence-electron chi connectivity index (χ3n) is 5.06. The average molecular weight is 449 g/mol. The second-order valence-electron chi connectivity index (χ2n) is 7.19. The molecule has 3 aromatic rings. The van der Waals surface area contributed by atoms with Crippen molar-refractivity contribution in [3.63, 3.8) is 0 Å². The van der Waals surface area contributed by atoms with Crippen LogP contribution in [0, 0.1) is 11.3 Å². The van der Waals surface area contributed by atoms with E-state index < -0.39 is 10.1 Å². The van der Waals surface area contributed by atoms with Gasteiger partial charge in [0.2, 0.25) is 0 Å². The fourth-order valence-electron chi connectivity index (χ4n) is 3.36. The SMILES string of the molecule is N#C/C(=C\c1ccc(OS(=O)(=O)c2ccc3ccccc3c2)cc1)C(=O)N1CCOCC1. The Hall–Kier alpha value is -3.67. The quantitative estimate of drug-likeness (QED) is 0.337. The van der Waals surface area contributed by atoms with Gasteiger partial charge >= 0.3 is 10.1 Å². The predicted molar refractivity (Wildman–Crippen MR) is 119 cm³/mol. The average Bonchev–Trinajstić information content (AvgIpc) is 2.83. The standard InChI is InChI=1S/C24H20N2O5S/c25-17-21(24(27)26-11-13-30-14-12-26)15-18-5-8-22(9-6-18)31-32(28,29)23-10-7-19-3-1-2-4-20(19)16-23/h1-10,15-16H,11-14H2/b21-15+. The highest BCUT2D eigenvalue weighted by Crippen LogP contribution is 2.23. The van der Waals surface area contributed by atoms with Crippen molar-refractivity contribution in [2.45, 2.75) is 4.90 Å². The number of carbonyl (C=O) groups is 1. The molecule has 0 aliphatic carbocycles. The van der Waals surface area contributed by atoms with E-state index in [1.54, 1.807) is 29.2 Å². The van der Waals surface area contributed by atoms with Crippen molar-refractivity contribution in [3.05, 3.63) is 77.9 Å². The summed E-state index contributed by atoms with van der Waals surface area (Å²) >= 11 is 0. The molecule has 0 N–H and O–H groups in total. The third kappa shape index (κ3) is 4.80. The molecule has 0 spiro atoms. The molecule has 0 bridgehead atoms. The molecular formula is C24H20N2O5S. The maximum atomic E-state index is 12.7. The van der Waals surface area contributed by atoms with Crippen LogP contribution in [0.25, 0.3) is 16.8 Å². The number of amides is 1. The maximum absolute atomic E-state index is 12.7. The Morgan fingerprint density at radius 1 is 1.00 bits per heavy atom. The predicted octanol–water partition coefficient (Wildman–Crippen LogP) is 3.37. The number of hydrogen-bond acceptors (Lipinski definition) is 6. The maximum Gasteiger partial charge on any atom is 0.339 e. The number of benzene rings is 3. The first kappa shape index (κ1) is 21.6. The summed E-state index contributed by atoms with van der Waals surface area (Å²) in [4.78, 5) is 14.1. The fourth-order valence-corrected chi connectivity index (χ4v) is 4.33. The van der Waals surface area contributed by atoms with Crippen molar-refractivity contribution in [2.75, 3.05) is 26.3 Å². The molecule has 1 aliphatic heterocycles. The first-order valence-corrected chi connectivity index (χ1v) is 11.4. The number of rotatable bonds is 5. The molecule has 3 aromatic carbocycles. The van der Waals surface area contributed by atoms with E-state index in [0.29, 0.717) is 31.9 Å². The Balaban J connectivity index is 1.50. The molecule has 1 heterocycles. The molecule has 1 saturated heterocycles. The van der Waals surface area contributed by atoms with Crippen molar-refractivity contribution < 1.29 is 22.1 Å². The van der Waals surface area contributed by atoms with Crippen LogP contribution >= 0.6 is 0 Å². The van der Waals surface area contributed by atoms with Crippen molar-refractivity contribution in [1.82, 2.24) is 4.90 Å². The van der Waals surface area contributed by atoms with Gasteiger partial charge in [0, 0.05) is 13.1 Å². The van der Waals surface area contributed by atoms with Crippen LogP contribution in [0.15, 0.2) is 77.2 Å². The van der Waals surface area contributed by atoms with E-state index in [1.165, 1.54) is 24.3 Å². The van der Waals surface area contributed by atoms with Crippen LogP contribution < -0.4 is 4.18 Å². The molecule has 0 aromatic heterocycles. The van der Waals surface area contributed by atoms with Crippen LogP contribution in [0.5, 0.6) is 5.75 Å². The fraction of sp³-hybridized carbons (Fsp3) is 0.167. The zero-order valence-corrected chi connectivity index (χ0v) is 17.9. The highest BCUT2D eigenvalue weighted by Gasteiger charge is 2.21. The smallest absolute Gasteiger partial charge is 0.339 e. The van der Waals surface area contributed by atoms with E-state index in [1.807, 2.05) is 30.3 Å². The summed E-state index contributed by atoms with van der Waals surface area (Å²) in [5.41, 5.74) is 0.586. The molecule has 1 aliphatic rings. The molecule has 0 radical (unpaired) electrons. The molecule has 32 heavy (non-hydrogen) atoms. The van der Waals surface area contributed by atoms with Crippen molar-refractivity contribution in [1.29, 1.82) is 5.26 Å². The Kier molecular flexibility index (Phi) is 6.21.